The smallest absolute Gasteiger partial charge is 0.262 e. The van der Waals surface area contributed by atoms with Gasteiger partial charge in [0.25, 0.3) is 5.91 Å². The Morgan fingerprint density at radius 1 is 0.971 bits per heavy atom. The zero-order valence-electron chi connectivity index (χ0n) is 20.0. The summed E-state index contributed by atoms with van der Waals surface area (Å²) < 4.78 is 6.51. The van der Waals surface area contributed by atoms with Crippen molar-refractivity contribution < 1.29 is 9.53 Å². The molecule has 3 aromatic rings. The maximum Gasteiger partial charge on any atom is 0.262 e. The molecular formula is C31H30BrNO2. The summed E-state index contributed by atoms with van der Waals surface area (Å²) >= 11 is 3.58. The van der Waals surface area contributed by atoms with E-state index in [4.69, 9.17) is 4.74 Å². The molecule has 3 nitrogen and oxygen atoms in total. The Bertz CT molecular complexity index is 1250. The van der Waals surface area contributed by atoms with Gasteiger partial charge in [0, 0.05) is 11.3 Å². The quantitative estimate of drug-likeness (QED) is 0.301. The summed E-state index contributed by atoms with van der Waals surface area (Å²) in [6.07, 6.45) is 10.5. The van der Waals surface area contributed by atoms with Crippen LogP contribution in [-0.2, 0) is 4.79 Å². The molecule has 178 valence electrons. The van der Waals surface area contributed by atoms with Gasteiger partial charge >= 0.3 is 0 Å². The van der Waals surface area contributed by atoms with Crippen LogP contribution in [0, 0.1) is 0 Å². The van der Waals surface area contributed by atoms with Gasteiger partial charge in [-0.25, -0.2) is 0 Å². The normalized spacial score (nSPS) is 17.7. The highest BCUT2D eigenvalue weighted by Crippen LogP contribution is 2.38. The monoisotopic (exact) mass is 527 g/mol. The highest BCUT2D eigenvalue weighted by atomic mass is 79.9. The first-order valence-corrected chi connectivity index (χ1v) is 13.3. The minimum atomic E-state index is -0.0146. The molecule has 1 aliphatic carbocycles. The minimum Gasteiger partial charge on any atom is -0.493 e. The fourth-order valence-corrected chi connectivity index (χ4v) is 5.59. The van der Waals surface area contributed by atoms with Gasteiger partial charge in [0.05, 0.1) is 16.8 Å². The molecule has 0 spiro atoms. The van der Waals surface area contributed by atoms with Crippen molar-refractivity contribution in [2.24, 2.45) is 0 Å². The highest BCUT2D eigenvalue weighted by molar-refractivity contribution is 9.10. The fourth-order valence-electron chi connectivity index (χ4n) is 5.08. The molecule has 5 rings (SSSR count). The molecule has 0 unspecified atom stereocenters. The summed E-state index contributed by atoms with van der Waals surface area (Å²) in [4.78, 5) is 15.5. The summed E-state index contributed by atoms with van der Waals surface area (Å²) in [6, 6.07) is 24.7. The number of ether oxygens (including phenoxy) is 1. The van der Waals surface area contributed by atoms with E-state index < -0.39 is 0 Å². The number of halogens is 1. The number of carbonyl (C=O) groups is 1. The first kappa shape index (κ1) is 23.6. The molecule has 35 heavy (non-hydrogen) atoms. The van der Waals surface area contributed by atoms with Gasteiger partial charge in [-0.3, -0.25) is 9.69 Å². The second kappa shape index (κ2) is 10.7. The number of amides is 1. The molecule has 0 atom stereocenters. The van der Waals surface area contributed by atoms with Crippen LogP contribution in [0.1, 0.15) is 61.6 Å². The standard InChI is InChI=1S/C31H30BrNO2/c1-2-35-30-18-13-22(20-28(30)32)19-26-21-29(25-11-7-4-8-12-25)33(31(26)34)27-16-14-24(15-17-27)23-9-5-3-6-10-23/h4,7-8,11-21,23H,2-3,5-6,9-10H2,1H3/b26-19+. The second-order valence-electron chi connectivity index (χ2n) is 9.19. The van der Waals surface area contributed by atoms with Gasteiger partial charge < -0.3 is 4.74 Å². The predicted octanol–water partition coefficient (Wildman–Crippen LogP) is 8.37. The van der Waals surface area contributed by atoms with E-state index in [1.165, 1.54) is 37.7 Å². The van der Waals surface area contributed by atoms with E-state index >= 15 is 0 Å². The van der Waals surface area contributed by atoms with Gasteiger partial charge in [0.15, 0.2) is 0 Å². The molecule has 2 aliphatic rings. The number of hydrogen-bond acceptors (Lipinski definition) is 2. The Morgan fingerprint density at radius 3 is 2.40 bits per heavy atom. The molecule has 4 heteroatoms. The lowest BCUT2D eigenvalue weighted by molar-refractivity contribution is -0.113. The van der Waals surface area contributed by atoms with Gasteiger partial charge in [-0.05, 0) is 94.7 Å². The van der Waals surface area contributed by atoms with Gasteiger partial charge in [-0.1, -0.05) is 67.8 Å². The van der Waals surface area contributed by atoms with E-state index in [-0.39, 0.29) is 5.91 Å². The van der Waals surface area contributed by atoms with Gasteiger partial charge in [-0.15, -0.1) is 0 Å². The molecule has 0 N–H and O–H groups in total. The molecule has 3 aromatic carbocycles. The Hall–Kier alpha value is -3.11. The van der Waals surface area contributed by atoms with E-state index in [0.717, 1.165) is 32.7 Å². The number of benzene rings is 3. The van der Waals surface area contributed by atoms with Crippen molar-refractivity contribution >= 4 is 39.3 Å². The molecule has 0 radical (unpaired) electrons. The Kier molecular flexibility index (Phi) is 7.19. The Morgan fingerprint density at radius 2 is 1.71 bits per heavy atom. The first-order valence-electron chi connectivity index (χ1n) is 12.5. The number of nitrogens with zero attached hydrogens (tertiary/aromatic N) is 1. The van der Waals surface area contributed by atoms with Gasteiger partial charge in [0.1, 0.15) is 5.75 Å². The van der Waals surface area contributed by atoms with E-state index in [0.29, 0.717) is 18.1 Å². The molecule has 1 saturated carbocycles. The number of anilines is 1. The molecule has 1 fully saturated rings. The zero-order valence-corrected chi connectivity index (χ0v) is 21.6. The molecule has 0 aromatic heterocycles. The van der Waals surface area contributed by atoms with Crippen LogP contribution < -0.4 is 9.64 Å². The van der Waals surface area contributed by atoms with Gasteiger partial charge in [-0.2, -0.15) is 0 Å². The van der Waals surface area contributed by atoms with E-state index in [1.54, 1.807) is 0 Å². The highest BCUT2D eigenvalue weighted by Gasteiger charge is 2.30. The van der Waals surface area contributed by atoms with E-state index in [2.05, 4.69) is 52.3 Å². The van der Waals surface area contributed by atoms with Crippen LogP contribution in [0.2, 0.25) is 0 Å². The second-order valence-corrected chi connectivity index (χ2v) is 10.0. The lowest BCUT2D eigenvalue weighted by Gasteiger charge is -2.24. The van der Waals surface area contributed by atoms with Crippen LogP contribution >= 0.6 is 15.9 Å². The fraction of sp³-hybridized carbons (Fsp3) is 0.258. The van der Waals surface area contributed by atoms with Crippen molar-refractivity contribution in [3.63, 3.8) is 0 Å². The number of hydrogen-bond donors (Lipinski definition) is 0. The van der Waals surface area contributed by atoms with Crippen molar-refractivity contribution in [3.8, 4) is 5.75 Å². The maximum atomic E-state index is 13.7. The minimum absolute atomic E-state index is 0.0146. The van der Waals surface area contributed by atoms with E-state index in [1.807, 2.05) is 60.4 Å². The SMILES string of the molecule is CCOc1ccc(/C=C2\C=C(c3ccccc3)N(c3ccc(C4CCCCC4)cc3)C2=O)cc1Br. The van der Waals surface area contributed by atoms with Crippen LogP contribution in [0.5, 0.6) is 5.75 Å². The van der Waals surface area contributed by atoms with E-state index in [9.17, 15) is 4.79 Å². The summed E-state index contributed by atoms with van der Waals surface area (Å²) in [5.41, 5.74) is 5.82. The number of carbonyl (C=O) groups excluding carboxylic acids is 1. The van der Waals surface area contributed by atoms with Crippen molar-refractivity contribution in [2.75, 3.05) is 11.5 Å². The molecular weight excluding hydrogens is 498 g/mol. The third kappa shape index (κ3) is 5.13. The predicted molar refractivity (Wildman–Crippen MR) is 147 cm³/mol. The van der Waals surface area contributed by atoms with Crippen LogP contribution in [-0.4, -0.2) is 12.5 Å². The lowest BCUT2D eigenvalue weighted by Crippen LogP contribution is -2.25. The first-order chi connectivity index (χ1) is 17.1. The summed E-state index contributed by atoms with van der Waals surface area (Å²) in [7, 11) is 0. The summed E-state index contributed by atoms with van der Waals surface area (Å²) in [5.74, 6) is 1.43. The van der Waals surface area contributed by atoms with Crippen molar-refractivity contribution in [2.45, 2.75) is 44.9 Å². The average molecular weight is 528 g/mol. The molecule has 0 bridgehead atoms. The molecule has 1 amide bonds. The van der Waals surface area contributed by atoms with Gasteiger partial charge in [0.2, 0.25) is 0 Å². The molecule has 1 heterocycles. The lowest BCUT2D eigenvalue weighted by atomic mass is 9.84. The molecule has 1 aliphatic heterocycles. The molecule has 0 saturated heterocycles. The topological polar surface area (TPSA) is 29.5 Å². The third-order valence-electron chi connectivity index (χ3n) is 6.86. The third-order valence-corrected chi connectivity index (χ3v) is 7.48. The van der Waals surface area contributed by atoms with Crippen molar-refractivity contribution in [1.29, 1.82) is 0 Å². The van der Waals surface area contributed by atoms with Crippen molar-refractivity contribution in [1.82, 2.24) is 0 Å². The van der Waals surface area contributed by atoms with Crippen LogP contribution in [0.25, 0.3) is 11.8 Å². The largest absolute Gasteiger partial charge is 0.493 e. The Labute approximate surface area is 216 Å². The van der Waals surface area contributed by atoms with Crippen LogP contribution in [0.15, 0.2) is 88.9 Å². The Balaban J connectivity index is 1.49. The number of rotatable bonds is 6. The van der Waals surface area contributed by atoms with Crippen LogP contribution in [0.3, 0.4) is 0 Å². The zero-order chi connectivity index (χ0) is 24.2. The summed E-state index contributed by atoms with van der Waals surface area (Å²) in [6.45, 7) is 2.57. The maximum absolute atomic E-state index is 13.7. The average Bonchev–Trinajstić information content (AvgIpc) is 3.22. The van der Waals surface area contributed by atoms with Crippen molar-refractivity contribution in [3.05, 3.63) is 106 Å². The summed E-state index contributed by atoms with van der Waals surface area (Å²) in [5, 5.41) is 0. The van der Waals surface area contributed by atoms with Crippen LogP contribution in [0.4, 0.5) is 5.69 Å².